The van der Waals surface area contributed by atoms with Crippen LogP contribution in [0.15, 0.2) is 0 Å². The molecule has 0 aromatic carbocycles. The molecule has 0 amide bonds. The summed E-state index contributed by atoms with van der Waals surface area (Å²) in [5, 5.41) is 0. The largest absolute Gasteiger partial charge is 0.329 e. The highest BCUT2D eigenvalue weighted by Gasteiger charge is 2.46. The Balaban J connectivity index is 2.08. The lowest BCUT2D eigenvalue weighted by Crippen LogP contribution is -2.52. The normalized spacial score (nSPS) is 43.8. The van der Waals surface area contributed by atoms with Crippen molar-refractivity contribution in [1.29, 1.82) is 0 Å². The van der Waals surface area contributed by atoms with Gasteiger partial charge < -0.3 is 10.6 Å². The van der Waals surface area contributed by atoms with E-state index in [4.69, 9.17) is 5.73 Å². The van der Waals surface area contributed by atoms with Crippen molar-refractivity contribution in [2.45, 2.75) is 44.7 Å². The maximum Gasteiger partial charge on any atom is 0.0335 e. The Morgan fingerprint density at radius 2 is 2.00 bits per heavy atom. The summed E-state index contributed by atoms with van der Waals surface area (Å²) in [4.78, 5) is 5.08. The van der Waals surface area contributed by atoms with Crippen molar-refractivity contribution in [2.24, 2.45) is 17.6 Å². The van der Waals surface area contributed by atoms with Gasteiger partial charge in [-0.05, 0) is 45.2 Å². The second-order valence-electron chi connectivity index (χ2n) is 6.69. The van der Waals surface area contributed by atoms with E-state index in [1.165, 1.54) is 32.4 Å². The molecule has 4 atom stereocenters. The summed E-state index contributed by atoms with van der Waals surface area (Å²) < 4.78 is 0. The maximum atomic E-state index is 6.12. The summed E-state index contributed by atoms with van der Waals surface area (Å²) >= 11 is 0. The average molecular weight is 239 g/mol. The summed E-state index contributed by atoms with van der Waals surface area (Å²) in [6.07, 6.45) is 3.96. The molecule has 2 N–H and O–H groups in total. The molecule has 3 heteroatoms. The number of nitrogens with two attached hydrogens (primary N) is 1. The zero-order valence-corrected chi connectivity index (χ0v) is 11.9. The zero-order valence-electron chi connectivity index (χ0n) is 11.9. The molecule has 2 rings (SSSR count). The molecule has 17 heavy (non-hydrogen) atoms. The van der Waals surface area contributed by atoms with Gasteiger partial charge in [0.1, 0.15) is 0 Å². The molecule has 0 bridgehead atoms. The number of likely N-dealkylation sites (tertiary alicyclic amines) is 1. The van der Waals surface area contributed by atoms with E-state index in [9.17, 15) is 0 Å². The first-order valence-corrected chi connectivity index (χ1v) is 7.10. The number of rotatable bonds is 3. The van der Waals surface area contributed by atoms with Crippen LogP contribution in [0.2, 0.25) is 0 Å². The standard InChI is InChI=1S/C14H29N3/c1-11-5-6-14(7-11,10-15)17-8-12(2)13(9-17)16(3)4/h11-13H,5-10,15H2,1-4H3. The monoisotopic (exact) mass is 239 g/mol. The van der Waals surface area contributed by atoms with E-state index in [0.29, 0.717) is 11.6 Å². The molecule has 1 aliphatic carbocycles. The number of likely N-dealkylation sites (N-methyl/N-ethyl adjacent to an activating group) is 1. The molecular weight excluding hydrogens is 210 g/mol. The highest BCUT2D eigenvalue weighted by molar-refractivity contribution is 5.03. The fourth-order valence-corrected chi connectivity index (χ4v) is 3.98. The third kappa shape index (κ3) is 2.38. The van der Waals surface area contributed by atoms with Crippen molar-refractivity contribution >= 4 is 0 Å². The molecule has 0 aromatic heterocycles. The third-order valence-electron chi connectivity index (χ3n) is 5.12. The van der Waals surface area contributed by atoms with Crippen LogP contribution in [0, 0.1) is 11.8 Å². The van der Waals surface area contributed by atoms with Crippen LogP contribution >= 0.6 is 0 Å². The second kappa shape index (κ2) is 4.87. The Morgan fingerprint density at radius 1 is 1.29 bits per heavy atom. The van der Waals surface area contributed by atoms with E-state index in [1.54, 1.807) is 0 Å². The SMILES string of the molecule is CC1CCC(CN)(N2CC(C)C(N(C)C)C2)C1. The van der Waals surface area contributed by atoms with Gasteiger partial charge in [-0.1, -0.05) is 13.8 Å². The smallest absolute Gasteiger partial charge is 0.0335 e. The summed E-state index contributed by atoms with van der Waals surface area (Å²) in [7, 11) is 4.41. The fraction of sp³-hybridized carbons (Fsp3) is 1.00. The average Bonchev–Trinajstić information content (AvgIpc) is 2.83. The van der Waals surface area contributed by atoms with E-state index in [1.807, 2.05) is 0 Å². The number of hydrogen-bond acceptors (Lipinski definition) is 3. The van der Waals surface area contributed by atoms with Crippen molar-refractivity contribution in [3.8, 4) is 0 Å². The lowest BCUT2D eigenvalue weighted by Gasteiger charge is -2.38. The highest BCUT2D eigenvalue weighted by Crippen LogP contribution is 2.41. The molecule has 1 saturated carbocycles. The minimum atomic E-state index is 0.318. The molecule has 0 radical (unpaired) electrons. The molecule has 1 heterocycles. The number of hydrogen-bond donors (Lipinski definition) is 1. The summed E-state index contributed by atoms with van der Waals surface area (Å²) in [5.41, 5.74) is 6.44. The minimum absolute atomic E-state index is 0.318. The summed E-state index contributed by atoms with van der Waals surface area (Å²) in [5.74, 6) is 1.62. The van der Waals surface area contributed by atoms with Gasteiger partial charge in [-0.15, -0.1) is 0 Å². The van der Waals surface area contributed by atoms with E-state index >= 15 is 0 Å². The predicted octanol–water partition coefficient (Wildman–Crippen LogP) is 1.39. The maximum absolute atomic E-state index is 6.12. The van der Waals surface area contributed by atoms with Crippen LogP contribution in [-0.4, -0.2) is 55.1 Å². The quantitative estimate of drug-likeness (QED) is 0.808. The first kappa shape index (κ1) is 13.3. The third-order valence-corrected chi connectivity index (χ3v) is 5.12. The number of nitrogens with zero attached hydrogens (tertiary/aromatic N) is 2. The first-order valence-electron chi connectivity index (χ1n) is 7.10. The Kier molecular flexibility index (Phi) is 3.81. The predicted molar refractivity (Wildman–Crippen MR) is 73.0 cm³/mol. The summed E-state index contributed by atoms with van der Waals surface area (Å²) in [6.45, 7) is 8.03. The van der Waals surface area contributed by atoms with Crippen LogP contribution in [0.4, 0.5) is 0 Å². The Morgan fingerprint density at radius 3 is 2.41 bits per heavy atom. The molecule has 3 nitrogen and oxygen atoms in total. The topological polar surface area (TPSA) is 32.5 Å². The van der Waals surface area contributed by atoms with Crippen molar-refractivity contribution in [1.82, 2.24) is 9.80 Å². The Bertz CT molecular complexity index is 266. The van der Waals surface area contributed by atoms with Crippen LogP contribution in [-0.2, 0) is 0 Å². The molecule has 2 aliphatic rings. The fourth-order valence-electron chi connectivity index (χ4n) is 3.98. The van der Waals surface area contributed by atoms with Crippen molar-refractivity contribution in [2.75, 3.05) is 33.7 Å². The van der Waals surface area contributed by atoms with E-state index in [0.717, 1.165) is 18.4 Å². The first-order chi connectivity index (χ1) is 7.98. The lowest BCUT2D eigenvalue weighted by molar-refractivity contribution is 0.115. The van der Waals surface area contributed by atoms with Gasteiger partial charge in [-0.2, -0.15) is 0 Å². The van der Waals surface area contributed by atoms with E-state index in [2.05, 4.69) is 37.7 Å². The van der Waals surface area contributed by atoms with Gasteiger partial charge in [-0.3, -0.25) is 4.90 Å². The molecule has 1 saturated heterocycles. The van der Waals surface area contributed by atoms with Gasteiger partial charge >= 0.3 is 0 Å². The van der Waals surface area contributed by atoms with Gasteiger partial charge in [0.25, 0.3) is 0 Å². The Labute approximate surface area is 106 Å². The van der Waals surface area contributed by atoms with Gasteiger partial charge in [0.15, 0.2) is 0 Å². The molecule has 0 spiro atoms. The van der Waals surface area contributed by atoms with Gasteiger partial charge in [0, 0.05) is 31.2 Å². The molecule has 0 aromatic rings. The van der Waals surface area contributed by atoms with Crippen LogP contribution in [0.1, 0.15) is 33.1 Å². The molecule has 4 unspecified atom stereocenters. The second-order valence-corrected chi connectivity index (χ2v) is 6.69. The van der Waals surface area contributed by atoms with Gasteiger partial charge in [0.05, 0.1) is 0 Å². The van der Waals surface area contributed by atoms with Gasteiger partial charge in [-0.25, -0.2) is 0 Å². The van der Waals surface area contributed by atoms with Gasteiger partial charge in [0.2, 0.25) is 0 Å². The molecular formula is C14H29N3. The van der Waals surface area contributed by atoms with Crippen LogP contribution in [0.3, 0.4) is 0 Å². The molecule has 100 valence electrons. The van der Waals surface area contributed by atoms with E-state index < -0.39 is 0 Å². The zero-order chi connectivity index (χ0) is 12.6. The lowest BCUT2D eigenvalue weighted by atomic mass is 9.94. The molecule has 1 aliphatic heterocycles. The van der Waals surface area contributed by atoms with Crippen molar-refractivity contribution < 1.29 is 0 Å². The molecule has 2 fully saturated rings. The van der Waals surface area contributed by atoms with Crippen LogP contribution in [0.25, 0.3) is 0 Å². The van der Waals surface area contributed by atoms with E-state index in [-0.39, 0.29) is 0 Å². The van der Waals surface area contributed by atoms with Crippen LogP contribution in [0.5, 0.6) is 0 Å². The Hall–Kier alpha value is -0.120. The van der Waals surface area contributed by atoms with Crippen molar-refractivity contribution in [3.63, 3.8) is 0 Å². The highest BCUT2D eigenvalue weighted by atomic mass is 15.3. The summed E-state index contributed by atoms with van der Waals surface area (Å²) in [6, 6.07) is 0.703. The van der Waals surface area contributed by atoms with Crippen LogP contribution < -0.4 is 5.73 Å². The van der Waals surface area contributed by atoms with Crippen molar-refractivity contribution in [3.05, 3.63) is 0 Å². The minimum Gasteiger partial charge on any atom is -0.329 e.